The van der Waals surface area contributed by atoms with Crippen molar-refractivity contribution in [2.45, 2.75) is 32.0 Å². The largest absolute Gasteiger partial charge is 0.398 e. The first-order chi connectivity index (χ1) is 18.9. The molecule has 3 aromatic rings. The third-order valence-corrected chi connectivity index (χ3v) is 7.21. The van der Waals surface area contributed by atoms with Gasteiger partial charge in [-0.2, -0.15) is 0 Å². The highest BCUT2D eigenvalue weighted by Gasteiger charge is 2.19. The van der Waals surface area contributed by atoms with Crippen LogP contribution >= 0.6 is 0 Å². The number of morpholine rings is 1. The molecule has 10 nitrogen and oxygen atoms in total. The number of amides is 1. The van der Waals surface area contributed by atoms with Gasteiger partial charge in [0.25, 0.3) is 5.91 Å². The lowest BCUT2D eigenvalue weighted by Gasteiger charge is -2.29. The number of ether oxygens (including phenoxy) is 1. The van der Waals surface area contributed by atoms with Crippen LogP contribution < -0.4 is 11.1 Å². The number of aromatic nitrogens is 2. The van der Waals surface area contributed by atoms with Gasteiger partial charge in [0.2, 0.25) is 0 Å². The molecule has 0 saturated carbocycles. The van der Waals surface area contributed by atoms with Gasteiger partial charge in [0, 0.05) is 68.5 Å². The third-order valence-electron chi connectivity index (χ3n) is 7.21. The van der Waals surface area contributed by atoms with Crippen LogP contribution in [0.4, 0.5) is 11.4 Å². The summed E-state index contributed by atoms with van der Waals surface area (Å²) in [5.74, 6) is -0.555. The highest BCUT2D eigenvalue weighted by atomic mass is 16.5. The van der Waals surface area contributed by atoms with Gasteiger partial charge in [-0.25, -0.2) is 0 Å². The van der Waals surface area contributed by atoms with Crippen LogP contribution in [-0.2, 0) is 22.6 Å². The Bertz CT molecular complexity index is 1300. The average Bonchev–Trinajstić information content (AvgIpc) is 2.96. The van der Waals surface area contributed by atoms with Crippen molar-refractivity contribution in [2.24, 2.45) is 0 Å². The molecule has 1 amide bonds. The van der Waals surface area contributed by atoms with Crippen LogP contribution in [0.1, 0.15) is 29.7 Å². The van der Waals surface area contributed by atoms with Gasteiger partial charge in [0.05, 0.1) is 36.9 Å². The van der Waals surface area contributed by atoms with E-state index in [9.17, 15) is 9.90 Å². The van der Waals surface area contributed by atoms with Crippen LogP contribution in [0.5, 0.6) is 0 Å². The van der Waals surface area contributed by atoms with Crippen LogP contribution in [0.2, 0.25) is 0 Å². The van der Waals surface area contributed by atoms with E-state index in [1.807, 2.05) is 18.3 Å². The summed E-state index contributed by atoms with van der Waals surface area (Å²) in [7, 11) is 0. The summed E-state index contributed by atoms with van der Waals surface area (Å²) < 4.78 is 5.39. The minimum Gasteiger partial charge on any atom is -0.398 e. The Morgan fingerprint density at radius 1 is 1.00 bits per heavy atom. The first kappa shape index (κ1) is 26.9. The number of piperidine rings is 1. The zero-order valence-corrected chi connectivity index (χ0v) is 22.0. The van der Waals surface area contributed by atoms with Crippen molar-refractivity contribution in [1.82, 2.24) is 19.8 Å². The number of aliphatic hydroxyl groups excluding tert-OH is 1. The van der Waals surface area contributed by atoms with E-state index in [1.54, 1.807) is 30.6 Å². The fraction of sp³-hybridized carbons (Fsp3) is 0.379. The second-order valence-electron chi connectivity index (χ2n) is 10.1. The van der Waals surface area contributed by atoms with Gasteiger partial charge in [-0.1, -0.05) is 6.07 Å². The summed E-state index contributed by atoms with van der Waals surface area (Å²) in [6.07, 6.45) is 6.60. The molecule has 2 saturated heterocycles. The topological polar surface area (TPSA) is 141 Å². The molecule has 2 fully saturated rings. The maximum absolute atomic E-state index is 12.9. The monoisotopic (exact) mass is 529 g/mol. The van der Waals surface area contributed by atoms with Crippen molar-refractivity contribution < 1.29 is 14.6 Å². The van der Waals surface area contributed by atoms with Gasteiger partial charge in [-0.3, -0.25) is 30.0 Å². The highest BCUT2D eigenvalue weighted by Crippen LogP contribution is 2.26. The molecule has 1 aromatic carbocycles. The SMILES string of the molecule is N=C(C(=O)Nc1ccc(CN2CCOCC2)nc1)c1cc(-c2cncc(CN3CCC(O)CC3)c2)ccc1N. The number of pyridine rings is 2. The molecule has 39 heavy (non-hydrogen) atoms. The normalized spacial score (nSPS) is 17.2. The summed E-state index contributed by atoms with van der Waals surface area (Å²) in [6, 6.07) is 11.1. The molecule has 5 rings (SSSR count). The van der Waals surface area contributed by atoms with Gasteiger partial charge < -0.3 is 20.9 Å². The number of nitrogens with two attached hydrogens (primary N) is 1. The van der Waals surface area contributed by atoms with Gasteiger partial charge in [-0.15, -0.1) is 0 Å². The van der Waals surface area contributed by atoms with E-state index >= 15 is 0 Å². The van der Waals surface area contributed by atoms with Crippen LogP contribution in [0.25, 0.3) is 11.1 Å². The van der Waals surface area contributed by atoms with E-state index in [2.05, 4.69) is 31.2 Å². The number of hydrogen-bond acceptors (Lipinski definition) is 9. The summed E-state index contributed by atoms with van der Waals surface area (Å²) >= 11 is 0. The van der Waals surface area contributed by atoms with Crippen molar-refractivity contribution in [1.29, 1.82) is 5.41 Å². The van der Waals surface area contributed by atoms with Crippen LogP contribution in [-0.4, -0.2) is 82.0 Å². The van der Waals surface area contributed by atoms with Gasteiger partial charge in [0.1, 0.15) is 5.71 Å². The van der Waals surface area contributed by atoms with Crippen LogP contribution in [0.3, 0.4) is 0 Å². The number of benzene rings is 1. The zero-order valence-electron chi connectivity index (χ0n) is 22.0. The third kappa shape index (κ3) is 7.04. The quantitative estimate of drug-likeness (QED) is 0.258. The molecule has 0 aliphatic carbocycles. The number of aliphatic hydroxyl groups is 1. The standard InChI is InChI=1S/C29H35N7O3/c30-27-4-1-21(22-13-20(15-32-16-22)18-35-7-5-25(37)6-8-35)14-26(27)28(31)29(38)34-23-2-3-24(33-17-23)19-36-9-11-39-12-10-36/h1-4,13-17,25,31,37H,5-12,18-19,30H2,(H,34,38). The lowest BCUT2D eigenvalue weighted by atomic mass is 9.99. The van der Waals surface area contributed by atoms with E-state index in [1.165, 1.54) is 0 Å². The number of nitrogens with zero attached hydrogens (tertiary/aromatic N) is 4. The van der Waals surface area contributed by atoms with E-state index < -0.39 is 5.91 Å². The van der Waals surface area contributed by atoms with E-state index in [-0.39, 0.29) is 11.8 Å². The number of nitrogens with one attached hydrogen (secondary N) is 2. The summed E-state index contributed by atoms with van der Waals surface area (Å²) in [5, 5.41) is 21.1. The summed E-state index contributed by atoms with van der Waals surface area (Å²) in [4.78, 5) is 26.4. The molecule has 5 N–H and O–H groups in total. The summed E-state index contributed by atoms with van der Waals surface area (Å²) in [6.45, 7) is 6.41. The maximum Gasteiger partial charge on any atom is 0.274 e. The van der Waals surface area contributed by atoms with Gasteiger partial charge in [0.15, 0.2) is 0 Å². The second kappa shape index (κ2) is 12.4. The molecule has 4 heterocycles. The van der Waals surface area contributed by atoms with Crippen LogP contribution in [0.15, 0.2) is 55.0 Å². The average molecular weight is 530 g/mol. The van der Waals surface area contributed by atoms with Crippen molar-refractivity contribution >= 4 is 23.0 Å². The molecule has 0 atom stereocenters. The molecule has 0 unspecified atom stereocenters. The zero-order chi connectivity index (χ0) is 27.2. The van der Waals surface area contributed by atoms with Crippen molar-refractivity contribution in [2.75, 3.05) is 50.4 Å². The van der Waals surface area contributed by atoms with Crippen molar-refractivity contribution in [3.63, 3.8) is 0 Å². The molecular weight excluding hydrogens is 494 g/mol. The van der Waals surface area contributed by atoms with Gasteiger partial charge in [-0.05, 0) is 54.3 Å². The number of carbonyl (C=O) groups is 1. The Morgan fingerprint density at radius 2 is 1.77 bits per heavy atom. The number of hydrogen-bond donors (Lipinski definition) is 4. The van der Waals surface area contributed by atoms with E-state index in [4.69, 9.17) is 15.9 Å². The Balaban J connectivity index is 1.24. The van der Waals surface area contributed by atoms with Crippen molar-refractivity contribution in [3.8, 4) is 11.1 Å². The lowest BCUT2D eigenvalue weighted by molar-refractivity contribution is -0.110. The molecule has 10 heteroatoms. The highest BCUT2D eigenvalue weighted by molar-refractivity contribution is 6.48. The maximum atomic E-state index is 12.9. The number of anilines is 2. The lowest BCUT2D eigenvalue weighted by Crippen LogP contribution is -2.35. The van der Waals surface area contributed by atoms with E-state index in [0.29, 0.717) is 16.9 Å². The summed E-state index contributed by atoms with van der Waals surface area (Å²) in [5.41, 5.74) is 10.9. The number of nitrogen functional groups attached to an aromatic ring is 1. The predicted molar refractivity (Wildman–Crippen MR) is 150 cm³/mol. The van der Waals surface area contributed by atoms with Gasteiger partial charge >= 0.3 is 0 Å². The molecule has 0 bridgehead atoms. The second-order valence-corrected chi connectivity index (χ2v) is 10.1. The number of carbonyl (C=O) groups excluding carboxylic acids is 1. The first-order valence-electron chi connectivity index (χ1n) is 13.3. The molecule has 2 aliphatic heterocycles. The van der Waals surface area contributed by atoms with E-state index in [0.717, 1.165) is 87.7 Å². The molecule has 0 radical (unpaired) electrons. The fourth-order valence-corrected chi connectivity index (χ4v) is 4.92. The molecule has 2 aromatic heterocycles. The Kier molecular flexibility index (Phi) is 8.58. The van der Waals surface area contributed by atoms with Crippen LogP contribution in [0, 0.1) is 5.41 Å². The molecule has 0 spiro atoms. The predicted octanol–water partition coefficient (Wildman–Crippen LogP) is 2.52. The van der Waals surface area contributed by atoms with Crippen molar-refractivity contribution in [3.05, 3.63) is 71.8 Å². The minimum absolute atomic E-state index is 0.206. The number of rotatable bonds is 8. The molecule has 2 aliphatic rings. The minimum atomic E-state index is -0.555. The Hall–Kier alpha value is -3.70. The Morgan fingerprint density at radius 3 is 2.51 bits per heavy atom. The number of likely N-dealkylation sites (tertiary alicyclic amines) is 1. The fourth-order valence-electron chi connectivity index (χ4n) is 4.92. The molecule has 204 valence electrons. The smallest absolute Gasteiger partial charge is 0.274 e. The first-order valence-corrected chi connectivity index (χ1v) is 13.3. The molecular formula is C29H35N7O3. The Labute approximate surface area is 228 Å².